The van der Waals surface area contributed by atoms with Crippen LogP contribution in [-0.4, -0.2) is 74.9 Å². The number of quaternary nitrogens is 1. The molecule has 2 atom stereocenters. The standard InChI is InChI=1S/C45H86NO8P/c1-6-8-10-12-14-16-18-20-21-22-23-24-25-26-28-29-31-33-35-37-44(47)51-41-43(42-53-55(49,50)52-40-39-46(3,4)5)54-45(48)38-36-34-32-30-27-19-17-15-13-11-9-7-2/h15,17,20-21,43H,6-14,16,18-19,22-42H2,1-5H3/p+1/b17-15+,21-20+/t43-/m0/s1. The normalized spacial score (nSPS) is 13.8. The summed E-state index contributed by atoms with van der Waals surface area (Å²) in [7, 11) is 1.47. The Hall–Kier alpha value is -1.51. The number of carbonyl (C=O) groups excluding carboxylic acids is 2. The van der Waals surface area contributed by atoms with Gasteiger partial charge in [-0.3, -0.25) is 18.6 Å². The van der Waals surface area contributed by atoms with Crippen molar-refractivity contribution in [1.82, 2.24) is 0 Å². The molecule has 0 heterocycles. The van der Waals surface area contributed by atoms with Crippen LogP contribution in [0.3, 0.4) is 0 Å². The van der Waals surface area contributed by atoms with Gasteiger partial charge in [0.1, 0.15) is 19.8 Å². The molecule has 0 saturated carbocycles. The van der Waals surface area contributed by atoms with E-state index in [1.165, 1.54) is 116 Å². The van der Waals surface area contributed by atoms with Crippen LogP contribution in [0.15, 0.2) is 24.3 Å². The molecule has 9 nitrogen and oxygen atoms in total. The molecular formula is C45H87NO8P+. The van der Waals surface area contributed by atoms with E-state index >= 15 is 0 Å². The SMILES string of the molecule is CCCCC/C=C/CCCCCCCC(=O)O[C@@H](COC(=O)CCCCCCCCCCC/C=C/CCCCCCCC)COP(=O)(O)OCC[N+](C)(C)C. The maximum Gasteiger partial charge on any atom is 0.472 e. The van der Waals surface area contributed by atoms with Gasteiger partial charge < -0.3 is 18.9 Å². The topological polar surface area (TPSA) is 108 Å². The van der Waals surface area contributed by atoms with E-state index in [4.69, 9.17) is 18.5 Å². The van der Waals surface area contributed by atoms with Crippen molar-refractivity contribution in [2.45, 2.75) is 206 Å². The lowest BCUT2D eigenvalue weighted by atomic mass is 10.1. The van der Waals surface area contributed by atoms with Crippen LogP contribution < -0.4 is 0 Å². The molecule has 55 heavy (non-hydrogen) atoms. The van der Waals surface area contributed by atoms with E-state index in [9.17, 15) is 19.0 Å². The third kappa shape index (κ3) is 41.9. The molecule has 0 aromatic heterocycles. The summed E-state index contributed by atoms with van der Waals surface area (Å²) in [5.74, 6) is -0.807. The van der Waals surface area contributed by atoms with Gasteiger partial charge in [0.15, 0.2) is 6.10 Å². The van der Waals surface area contributed by atoms with E-state index < -0.39 is 26.5 Å². The van der Waals surface area contributed by atoms with Gasteiger partial charge in [0.05, 0.1) is 27.7 Å². The fourth-order valence-corrected chi connectivity index (χ4v) is 6.86. The molecule has 0 saturated heterocycles. The third-order valence-electron chi connectivity index (χ3n) is 9.70. The quantitative estimate of drug-likeness (QED) is 0.0214. The van der Waals surface area contributed by atoms with Crippen molar-refractivity contribution in [2.24, 2.45) is 0 Å². The second-order valence-electron chi connectivity index (χ2n) is 16.4. The molecule has 324 valence electrons. The largest absolute Gasteiger partial charge is 0.472 e. The summed E-state index contributed by atoms with van der Waals surface area (Å²) in [6.07, 6.45) is 40.8. The fraction of sp³-hybridized carbons (Fsp3) is 0.867. The monoisotopic (exact) mass is 801 g/mol. The van der Waals surface area contributed by atoms with Gasteiger partial charge >= 0.3 is 19.8 Å². The minimum absolute atomic E-state index is 0.0310. The van der Waals surface area contributed by atoms with Gasteiger partial charge in [-0.2, -0.15) is 0 Å². The number of nitrogens with zero attached hydrogens (tertiary/aromatic N) is 1. The minimum Gasteiger partial charge on any atom is -0.462 e. The number of ether oxygens (including phenoxy) is 2. The zero-order valence-electron chi connectivity index (χ0n) is 36.4. The lowest BCUT2D eigenvalue weighted by Crippen LogP contribution is -2.37. The third-order valence-corrected chi connectivity index (χ3v) is 10.7. The fourth-order valence-electron chi connectivity index (χ4n) is 6.12. The van der Waals surface area contributed by atoms with Gasteiger partial charge in [-0.25, -0.2) is 4.57 Å². The number of allylic oxidation sites excluding steroid dienone is 4. The van der Waals surface area contributed by atoms with E-state index in [-0.39, 0.29) is 32.0 Å². The van der Waals surface area contributed by atoms with E-state index in [0.29, 0.717) is 17.4 Å². The predicted octanol–water partition coefficient (Wildman–Crippen LogP) is 12.7. The van der Waals surface area contributed by atoms with Crippen LogP contribution in [0.2, 0.25) is 0 Å². The Kier molecular flexibility index (Phi) is 37.0. The lowest BCUT2D eigenvalue weighted by molar-refractivity contribution is -0.870. The Morgan fingerprint density at radius 1 is 0.545 bits per heavy atom. The Labute approximate surface area is 339 Å². The number of carbonyl (C=O) groups is 2. The van der Waals surface area contributed by atoms with Gasteiger partial charge in [-0.1, -0.05) is 147 Å². The van der Waals surface area contributed by atoms with Gasteiger partial charge in [0.2, 0.25) is 0 Å². The van der Waals surface area contributed by atoms with Crippen molar-refractivity contribution < 1.29 is 42.1 Å². The number of unbranched alkanes of at least 4 members (excludes halogenated alkanes) is 23. The van der Waals surface area contributed by atoms with Crippen molar-refractivity contribution in [3.05, 3.63) is 24.3 Å². The first-order chi connectivity index (χ1) is 26.5. The molecular weight excluding hydrogens is 713 g/mol. The molecule has 0 fully saturated rings. The molecule has 0 bridgehead atoms. The summed E-state index contributed by atoms with van der Waals surface area (Å²) in [5, 5.41) is 0. The van der Waals surface area contributed by atoms with Crippen LogP contribution in [-0.2, 0) is 32.7 Å². The number of phosphoric acid groups is 1. The number of likely N-dealkylation sites (N-methyl/N-ethyl adjacent to an activating group) is 1. The average molecular weight is 801 g/mol. The number of esters is 2. The molecule has 0 aromatic carbocycles. The van der Waals surface area contributed by atoms with Crippen LogP contribution in [0.4, 0.5) is 0 Å². The Morgan fingerprint density at radius 2 is 0.927 bits per heavy atom. The number of hydrogen-bond acceptors (Lipinski definition) is 7. The second-order valence-corrected chi connectivity index (χ2v) is 17.9. The molecule has 0 aromatic rings. The molecule has 1 N–H and O–H groups in total. The second kappa shape index (κ2) is 38.0. The van der Waals surface area contributed by atoms with Gasteiger partial charge in [-0.05, 0) is 64.2 Å². The predicted molar refractivity (Wildman–Crippen MR) is 229 cm³/mol. The summed E-state index contributed by atoms with van der Waals surface area (Å²) in [5.41, 5.74) is 0. The molecule has 0 radical (unpaired) electrons. The first-order valence-corrected chi connectivity index (χ1v) is 24.1. The van der Waals surface area contributed by atoms with E-state index in [1.807, 2.05) is 21.1 Å². The highest BCUT2D eigenvalue weighted by Gasteiger charge is 2.27. The van der Waals surface area contributed by atoms with Crippen LogP contribution >= 0.6 is 7.82 Å². The summed E-state index contributed by atoms with van der Waals surface area (Å²) in [6.45, 7) is 4.39. The lowest BCUT2D eigenvalue weighted by Gasteiger charge is -2.24. The Bertz CT molecular complexity index is 996. The summed E-state index contributed by atoms with van der Waals surface area (Å²) in [4.78, 5) is 35.3. The van der Waals surface area contributed by atoms with Crippen LogP contribution in [0.5, 0.6) is 0 Å². The van der Waals surface area contributed by atoms with Gasteiger partial charge in [0.25, 0.3) is 0 Å². The highest BCUT2D eigenvalue weighted by molar-refractivity contribution is 7.47. The molecule has 1 unspecified atom stereocenters. The van der Waals surface area contributed by atoms with E-state index in [0.717, 1.165) is 51.4 Å². The first-order valence-electron chi connectivity index (χ1n) is 22.6. The van der Waals surface area contributed by atoms with Crippen molar-refractivity contribution in [3.8, 4) is 0 Å². The zero-order chi connectivity index (χ0) is 40.7. The molecule has 0 amide bonds. The summed E-state index contributed by atoms with van der Waals surface area (Å²) < 4.78 is 34.3. The highest BCUT2D eigenvalue weighted by Crippen LogP contribution is 2.43. The Balaban J connectivity index is 4.29. The van der Waals surface area contributed by atoms with Crippen LogP contribution in [0.25, 0.3) is 0 Å². The van der Waals surface area contributed by atoms with Gasteiger partial charge in [-0.15, -0.1) is 0 Å². The van der Waals surface area contributed by atoms with Crippen LogP contribution in [0.1, 0.15) is 200 Å². The zero-order valence-corrected chi connectivity index (χ0v) is 37.3. The summed E-state index contributed by atoms with van der Waals surface area (Å²) >= 11 is 0. The minimum atomic E-state index is -4.37. The molecule has 0 aliphatic carbocycles. The smallest absolute Gasteiger partial charge is 0.462 e. The summed E-state index contributed by atoms with van der Waals surface area (Å²) in [6, 6.07) is 0. The molecule has 0 aliphatic heterocycles. The van der Waals surface area contributed by atoms with Crippen molar-refractivity contribution in [3.63, 3.8) is 0 Å². The van der Waals surface area contributed by atoms with E-state index in [2.05, 4.69) is 38.2 Å². The molecule has 0 aliphatic rings. The number of rotatable bonds is 41. The van der Waals surface area contributed by atoms with Crippen molar-refractivity contribution in [2.75, 3.05) is 47.5 Å². The maximum atomic E-state index is 12.7. The first kappa shape index (κ1) is 53.5. The van der Waals surface area contributed by atoms with E-state index in [1.54, 1.807) is 0 Å². The Morgan fingerprint density at radius 3 is 1.38 bits per heavy atom. The van der Waals surface area contributed by atoms with Crippen molar-refractivity contribution in [1.29, 1.82) is 0 Å². The van der Waals surface area contributed by atoms with Crippen molar-refractivity contribution >= 4 is 19.8 Å². The highest BCUT2D eigenvalue weighted by atomic mass is 31.2. The van der Waals surface area contributed by atoms with Crippen LogP contribution in [0, 0.1) is 0 Å². The number of phosphoric ester groups is 1. The molecule has 0 rings (SSSR count). The molecule has 10 heteroatoms. The van der Waals surface area contributed by atoms with Gasteiger partial charge in [0, 0.05) is 12.8 Å². The number of hydrogen-bond donors (Lipinski definition) is 1. The average Bonchev–Trinajstić information content (AvgIpc) is 3.13. The molecule has 0 spiro atoms. The maximum absolute atomic E-state index is 12.7.